The van der Waals surface area contributed by atoms with Gasteiger partial charge in [0.1, 0.15) is 0 Å². The van der Waals surface area contributed by atoms with Crippen molar-refractivity contribution < 1.29 is 14.6 Å². The van der Waals surface area contributed by atoms with Crippen molar-refractivity contribution in [2.45, 2.75) is 26.0 Å². The first-order valence-corrected chi connectivity index (χ1v) is 3.52. The SMILES string of the molecule is COC(=O)[C@@H](C)[C@@H](O)[C@@H](C)N. The first-order valence-electron chi connectivity index (χ1n) is 3.52. The summed E-state index contributed by atoms with van der Waals surface area (Å²) in [7, 11) is 1.28. The van der Waals surface area contributed by atoms with Crippen molar-refractivity contribution in [3.63, 3.8) is 0 Å². The molecule has 0 aromatic heterocycles. The average Bonchev–Trinajstić information content (AvgIpc) is 2.00. The summed E-state index contributed by atoms with van der Waals surface area (Å²) in [5.74, 6) is -0.991. The monoisotopic (exact) mass is 161 g/mol. The molecule has 0 amide bonds. The molecule has 0 saturated carbocycles. The highest BCUT2D eigenvalue weighted by Crippen LogP contribution is 2.07. The zero-order valence-corrected chi connectivity index (χ0v) is 7.07. The summed E-state index contributed by atoms with van der Waals surface area (Å²) in [4.78, 5) is 10.8. The minimum atomic E-state index is -0.831. The van der Waals surface area contributed by atoms with Gasteiger partial charge in [0.15, 0.2) is 0 Å². The smallest absolute Gasteiger partial charge is 0.311 e. The summed E-state index contributed by atoms with van der Waals surface area (Å²) >= 11 is 0. The lowest BCUT2D eigenvalue weighted by Gasteiger charge is -2.19. The number of hydrogen-bond acceptors (Lipinski definition) is 4. The summed E-state index contributed by atoms with van der Waals surface area (Å²) in [5.41, 5.74) is 5.37. The van der Waals surface area contributed by atoms with Crippen molar-refractivity contribution in [2.24, 2.45) is 11.7 Å². The fraction of sp³-hybridized carbons (Fsp3) is 0.857. The number of hydrogen-bond donors (Lipinski definition) is 2. The number of esters is 1. The van der Waals surface area contributed by atoms with E-state index in [1.807, 2.05) is 0 Å². The maximum atomic E-state index is 10.8. The number of rotatable bonds is 3. The topological polar surface area (TPSA) is 72.5 Å². The highest BCUT2D eigenvalue weighted by Gasteiger charge is 2.25. The van der Waals surface area contributed by atoms with Gasteiger partial charge < -0.3 is 15.6 Å². The molecule has 0 fully saturated rings. The Morgan fingerprint density at radius 2 is 2.00 bits per heavy atom. The molecule has 4 heteroatoms. The Hall–Kier alpha value is -0.610. The second kappa shape index (κ2) is 4.31. The van der Waals surface area contributed by atoms with Crippen LogP contribution >= 0.6 is 0 Å². The summed E-state index contributed by atoms with van der Waals surface area (Å²) in [6.07, 6.45) is -0.831. The highest BCUT2D eigenvalue weighted by atomic mass is 16.5. The Morgan fingerprint density at radius 3 is 2.27 bits per heavy atom. The van der Waals surface area contributed by atoms with Crippen molar-refractivity contribution >= 4 is 5.97 Å². The van der Waals surface area contributed by atoms with Crippen LogP contribution in [-0.2, 0) is 9.53 Å². The molecule has 0 rings (SSSR count). The third-order valence-corrected chi connectivity index (χ3v) is 1.62. The van der Waals surface area contributed by atoms with Crippen molar-refractivity contribution in [3.05, 3.63) is 0 Å². The molecule has 66 valence electrons. The molecule has 0 heterocycles. The molecule has 3 N–H and O–H groups in total. The Kier molecular flexibility index (Phi) is 4.07. The van der Waals surface area contributed by atoms with Crippen LogP contribution in [0.25, 0.3) is 0 Å². The molecule has 0 aromatic rings. The molecular formula is C7H15NO3. The van der Waals surface area contributed by atoms with Crippen LogP contribution in [0.5, 0.6) is 0 Å². The van der Waals surface area contributed by atoms with Gasteiger partial charge in [0.2, 0.25) is 0 Å². The van der Waals surface area contributed by atoms with E-state index >= 15 is 0 Å². The molecule has 4 nitrogen and oxygen atoms in total. The Labute approximate surface area is 66.3 Å². The number of methoxy groups -OCH3 is 1. The second-order valence-electron chi connectivity index (χ2n) is 2.66. The molecule has 0 bridgehead atoms. The summed E-state index contributed by atoms with van der Waals surface area (Å²) < 4.78 is 4.43. The average molecular weight is 161 g/mol. The van der Waals surface area contributed by atoms with E-state index in [1.165, 1.54) is 7.11 Å². The first kappa shape index (κ1) is 10.4. The van der Waals surface area contributed by atoms with Crippen LogP contribution in [0.1, 0.15) is 13.8 Å². The lowest BCUT2D eigenvalue weighted by molar-refractivity contribution is -0.148. The second-order valence-corrected chi connectivity index (χ2v) is 2.66. The van der Waals surface area contributed by atoms with Gasteiger partial charge in [-0.25, -0.2) is 0 Å². The predicted molar refractivity (Wildman–Crippen MR) is 40.8 cm³/mol. The molecular weight excluding hydrogens is 146 g/mol. The van der Waals surface area contributed by atoms with Crippen molar-refractivity contribution in [1.29, 1.82) is 0 Å². The Morgan fingerprint density at radius 1 is 1.55 bits per heavy atom. The van der Waals surface area contributed by atoms with E-state index < -0.39 is 24.0 Å². The number of aliphatic hydroxyl groups excluding tert-OH is 1. The fourth-order valence-corrected chi connectivity index (χ4v) is 0.781. The number of nitrogens with two attached hydrogens (primary N) is 1. The van der Waals surface area contributed by atoms with Crippen LogP contribution in [0.15, 0.2) is 0 Å². The number of carbonyl (C=O) groups excluding carboxylic acids is 1. The Bertz CT molecular complexity index is 136. The molecule has 11 heavy (non-hydrogen) atoms. The summed E-state index contributed by atoms with van der Waals surface area (Å²) in [6, 6.07) is -0.413. The molecule has 0 unspecified atom stereocenters. The molecule has 0 aliphatic carbocycles. The van der Waals surface area contributed by atoms with Gasteiger partial charge in [-0.15, -0.1) is 0 Å². The van der Waals surface area contributed by atoms with E-state index in [9.17, 15) is 9.90 Å². The van der Waals surface area contributed by atoms with Gasteiger partial charge >= 0.3 is 5.97 Å². The maximum absolute atomic E-state index is 10.8. The molecule has 0 radical (unpaired) electrons. The molecule has 0 aromatic carbocycles. The van der Waals surface area contributed by atoms with E-state index in [1.54, 1.807) is 13.8 Å². The lowest BCUT2D eigenvalue weighted by Crippen LogP contribution is -2.40. The van der Waals surface area contributed by atoms with Gasteiger partial charge in [-0.2, -0.15) is 0 Å². The predicted octanol–water partition coefficient (Wildman–Crippen LogP) is -0.496. The van der Waals surface area contributed by atoms with Crippen LogP contribution in [0, 0.1) is 5.92 Å². The molecule has 0 saturated heterocycles. The van der Waals surface area contributed by atoms with Crippen molar-refractivity contribution in [2.75, 3.05) is 7.11 Å². The Balaban J connectivity index is 4.01. The van der Waals surface area contributed by atoms with Crippen LogP contribution in [-0.4, -0.2) is 30.3 Å². The van der Waals surface area contributed by atoms with E-state index in [0.29, 0.717) is 0 Å². The molecule has 0 spiro atoms. The molecule has 3 atom stereocenters. The molecule has 0 aliphatic heterocycles. The zero-order valence-electron chi connectivity index (χ0n) is 7.07. The minimum Gasteiger partial charge on any atom is -0.469 e. The van der Waals surface area contributed by atoms with Gasteiger partial charge in [0.25, 0.3) is 0 Å². The van der Waals surface area contributed by atoms with Gasteiger partial charge in [0.05, 0.1) is 19.1 Å². The highest BCUT2D eigenvalue weighted by molar-refractivity contribution is 5.72. The normalized spacial score (nSPS) is 18.6. The van der Waals surface area contributed by atoms with Crippen molar-refractivity contribution in [1.82, 2.24) is 0 Å². The largest absolute Gasteiger partial charge is 0.469 e. The van der Waals surface area contributed by atoms with E-state index in [2.05, 4.69) is 4.74 Å². The van der Waals surface area contributed by atoms with E-state index in [4.69, 9.17) is 5.73 Å². The van der Waals surface area contributed by atoms with Gasteiger partial charge in [-0.3, -0.25) is 4.79 Å². The van der Waals surface area contributed by atoms with E-state index in [0.717, 1.165) is 0 Å². The molecule has 0 aliphatic rings. The number of carbonyl (C=O) groups is 1. The quantitative estimate of drug-likeness (QED) is 0.547. The van der Waals surface area contributed by atoms with Crippen LogP contribution in [0.4, 0.5) is 0 Å². The number of aliphatic hydroxyl groups is 1. The van der Waals surface area contributed by atoms with Crippen LogP contribution in [0.2, 0.25) is 0 Å². The zero-order chi connectivity index (χ0) is 9.02. The van der Waals surface area contributed by atoms with Gasteiger partial charge in [-0.1, -0.05) is 0 Å². The van der Waals surface area contributed by atoms with Crippen LogP contribution in [0.3, 0.4) is 0 Å². The summed E-state index contributed by atoms with van der Waals surface area (Å²) in [5, 5.41) is 9.27. The fourth-order valence-electron chi connectivity index (χ4n) is 0.781. The maximum Gasteiger partial charge on any atom is 0.311 e. The van der Waals surface area contributed by atoms with Gasteiger partial charge in [0, 0.05) is 6.04 Å². The third-order valence-electron chi connectivity index (χ3n) is 1.62. The van der Waals surface area contributed by atoms with E-state index in [-0.39, 0.29) is 0 Å². The minimum absolute atomic E-state index is 0.413. The number of ether oxygens (including phenoxy) is 1. The summed E-state index contributed by atoms with van der Waals surface area (Å²) in [6.45, 7) is 3.23. The first-order chi connectivity index (χ1) is 5.00. The van der Waals surface area contributed by atoms with Gasteiger partial charge in [-0.05, 0) is 13.8 Å². The third kappa shape index (κ3) is 2.86. The standard InChI is InChI=1S/C7H15NO3/c1-4(7(10)11-3)6(9)5(2)8/h4-6,9H,8H2,1-3H3/t4-,5+,6+/m0/s1. The van der Waals surface area contributed by atoms with Crippen LogP contribution < -0.4 is 5.73 Å². The lowest BCUT2D eigenvalue weighted by atomic mass is 10.00. The van der Waals surface area contributed by atoms with Crippen molar-refractivity contribution in [3.8, 4) is 0 Å².